The summed E-state index contributed by atoms with van der Waals surface area (Å²) in [7, 11) is 1.25. The minimum Gasteiger partial charge on any atom is -0.467 e. The molecule has 1 N–H and O–H groups in total. The largest absolute Gasteiger partial charge is 0.467 e. The molecule has 0 aliphatic heterocycles. The van der Waals surface area contributed by atoms with Gasteiger partial charge in [0.15, 0.2) is 6.10 Å². The number of halogens is 2. The number of carbonyl (C=O) groups is 1. The van der Waals surface area contributed by atoms with Crippen molar-refractivity contribution in [2.45, 2.75) is 13.0 Å². The van der Waals surface area contributed by atoms with E-state index in [9.17, 15) is 9.90 Å². The fraction of sp³-hybridized carbons (Fsp3) is 0.150. The smallest absolute Gasteiger partial charge is 0.339 e. The van der Waals surface area contributed by atoms with E-state index < -0.39 is 12.1 Å². The third-order valence-electron chi connectivity index (χ3n) is 4.18. The van der Waals surface area contributed by atoms with Crippen LogP contribution >= 0.6 is 23.2 Å². The van der Waals surface area contributed by atoms with E-state index in [2.05, 4.69) is 0 Å². The molecule has 1 atom stereocenters. The van der Waals surface area contributed by atoms with Crippen LogP contribution in [0.25, 0.3) is 21.9 Å². The zero-order valence-electron chi connectivity index (χ0n) is 13.7. The maximum atomic E-state index is 12.0. The fourth-order valence-corrected chi connectivity index (χ4v) is 3.35. The van der Waals surface area contributed by atoms with E-state index in [-0.39, 0.29) is 0 Å². The Morgan fingerprint density at radius 3 is 2.32 bits per heavy atom. The first-order chi connectivity index (χ1) is 11.9. The first kappa shape index (κ1) is 17.7. The van der Waals surface area contributed by atoms with Gasteiger partial charge in [-0.15, -0.1) is 0 Å². The van der Waals surface area contributed by atoms with Crippen molar-refractivity contribution in [1.82, 2.24) is 0 Å². The number of methoxy groups -OCH3 is 1. The molecule has 0 aromatic heterocycles. The highest BCUT2D eigenvalue weighted by molar-refractivity contribution is 6.31. The Kier molecular flexibility index (Phi) is 5.00. The summed E-state index contributed by atoms with van der Waals surface area (Å²) < 4.78 is 4.73. The van der Waals surface area contributed by atoms with Crippen LogP contribution in [-0.4, -0.2) is 18.2 Å². The number of rotatable bonds is 3. The van der Waals surface area contributed by atoms with Gasteiger partial charge in [0.05, 0.1) is 7.11 Å². The monoisotopic (exact) mass is 374 g/mol. The average molecular weight is 375 g/mol. The van der Waals surface area contributed by atoms with Crippen molar-refractivity contribution in [3.63, 3.8) is 0 Å². The predicted octanol–water partition coefficient (Wildman–Crippen LogP) is 5.33. The van der Waals surface area contributed by atoms with Gasteiger partial charge in [-0.2, -0.15) is 0 Å². The minimum atomic E-state index is -1.38. The van der Waals surface area contributed by atoms with Crippen molar-refractivity contribution in [1.29, 1.82) is 0 Å². The predicted molar refractivity (Wildman–Crippen MR) is 101 cm³/mol. The van der Waals surface area contributed by atoms with Crippen molar-refractivity contribution >= 4 is 39.9 Å². The zero-order chi connectivity index (χ0) is 18.1. The highest BCUT2D eigenvalue weighted by Crippen LogP contribution is 2.39. The molecule has 0 amide bonds. The normalized spacial score (nSPS) is 12.2. The second kappa shape index (κ2) is 7.04. The summed E-state index contributed by atoms with van der Waals surface area (Å²) in [6, 6.07) is 14.7. The molecule has 3 aromatic rings. The van der Waals surface area contributed by atoms with E-state index in [0.717, 1.165) is 27.5 Å². The standard InChI is InChI=1S/C20H16Cl2O3/c1-11-9-13-10-15(22)7-8-16(13)18(12-3-5-14(21)6-4-12)17(11)19(23)20(24)25-2/h3-10,19,23H,1-2H3/t19-/m0/s1. The number of carbonyl (C=O) groups excluding carboxylic acids is 1. The highest BCUT2D eigenvalue weighted by Gasteiger charge is 2.25. The topological polar surface area (TPSA) is 46.5 Å². The highest BCUT2D eigenvalue weighted by atomic mass is 35.5. The number of benzene rings is 3. The summed E-state index contributed by atoms with van der Waals surface area (Å²) in [6.45, 7) is 1.85. The van der Waals surface area contributed by atoms with Gasteiger partial charge in [-0.1, -0.05) is 47.5 Å². The molecule has 0 saturated heterocycles. The van der Waals surface area contributed by atoms with Gasteiger partial charge in [-0.3, -0.25) is 0 Å². The second-order valence-corrected chi connectivity index (χ2v) is 6.65. The van der Waals surface area contributed by atoms with E-state index in [1.807, 2.05) is 37.3 Å². The minimum absolute atomic E-state index is 0.518. The Morgan fingerprint density at radius 2 is 1.68 bits per heavy atom. The Balaban J connectivity index is 2.39. The molecule has 5 heteroatoms. The van der Waals surface area contributed by atoms with Crippen LogP contribution in [0.4, 0.5) is 0 Å². The third-order valence-corrected chi connectivity index (χ3v) is 4.67. The van der Waals surface area contributed by atoms with Crippen molar-refractivity contribution in [3.8, 4) is 11.1 Å². The van der Waals surface area contributed by atoms with Crippen LogP contribution in [0.3, 0.4) is 0 Å². The maximum absolute atomic E-state index is 12.0. The molecule has 0 saturated carbocycles. The summed E-state index contributed by atoms with van der Waals surface area (Å²) >= 11 is 12.1. The molecule has 0 aliphatic carbocycles. The van der Waals surface area contributed by atoms with Crippen molar-refractivity contribution < 1.29 is 14.6 Å². The van der Waals surface area contributed by atoms with Gasteiger partial charge < -0.3 is 9.84 Å². The molecule has 3 rings (SSSR count). The first-order valence-electron chi connectivity index (χ1n) is 7.67. The molecule has 0 bridgehead atoms. The fourth-order valence-electron chi connectivity index (χ4n) is 3.04. The Morgan fingerprint density at radius 1 is 1.04 bits per heavy atom. The Bertz CT molecular complexity index is 949. The summed E-state index contributed by atoms with van der Waals surface area (Å²) in [6.07, 6.45) is -1.38. The number of aryl methyl sites for hydroxylation is 1. The lowest BCUT2D eigenvalue weighted by Gasteiger charge is -2.20. The quantitative estimate of drug-likeness (QED) is 0.630. The van der Waals surface area contributed by atoms with Crippen LogP contribution < -0.4 is 0 Å². The van der Waals surface area contributed by atoms with Crippen LogP contribution in [0.15, 0.2) is 48.5 Å². The van der Waals surface area contributed by atoms with Crippen molar-refractivity contribution in [3.05, 3.63) is 69.7 Å². The van der Waals surface area contributed by atoms with E-state index in [4.69, 9.17) is 27.9 Å². The molecule has 0 spiro atoms. The van der Waals surface area contributed by atoms with Crippen LogP contribution in [0.5, 0.6) is 0 Å². The summed E-state index contributed by atoms with van der Waals surface area (Å²) in [4.78, 5) is 12.0. The zero-order valence-corrected chi connectivity index (χ0v) is 15.2. The van der Waals surface area contributed by atoms with Gasteiger partial charge in [0.25, 0.3) is 0 Å². The molecule has 0 heterocycles. The summed E-state index contributed by atoms with van der Waals surface area (Å²) in [5.41, 5.74) is 2.90. The summed E-state index contributed by atoms with van der Waals surface area (Å²) in [5.74, 6) is -0.702. The number of hydrogen-bond donors (Lipinski definition) is 1. The SMILES string of the molecule is COC(=O)[C@@H](O)c1c(C)cc2cc(Cl)ccc2c1-c1ccc(Cl)cc1. The molecule has 0 fully saturated rings. The molecule has 0 unspecified atom stereocenters. The van der Waals surface area contributed by atoms with E-state index in [1.54, 1.807) is 18.2 Å². The molecule has 0 aliphatic rings. The number of aliphatic hydroxyl groups excluding tert-OH is 1. The van der Waals surface area contributed by atoms with Crippen LogP contribution in [-0.2, 0) is 9.53 Å². The van der Waals surface area contributed by atoms with Gasteiger partial charge in [0.1, 0.15) is 0 Å². The van der Waals surface area contributed by atoms with Gasteiger partial charge in [-0.05, 0) is 58.7 Å². The molecular weight excluding hydrogens is 359 g/mol. The van der Waals surface area contributed by atoms with Crippen LogP contribution in [0.1, 0.15) is 17.2 Å². The maximum Gasteiger partial charge on any atom is 0.339 e. The molecule has 3 nitrogen and oxygen atoms in total. The number of ether oxygens (including phenoxy) is 1. The second-order valence-electron chi connectivity index (χ2n) is 5.78. The van der Waals surface area contributed by atoms with Crippen LogP contribution in [0.2, 0.25) is 10.0 Å². The lowest BCUT2D eigenvalue weighted by Crippen LogP contribution is -2.16. The lowest BCUT2D eigenvalue weighted by atomic mass is 9.87. The number of esters is 1. The molecular formula is C20H16Cl2O3. The number of hydrogen-bond acceptors (Lipinski definition) is 3. The van der Waals surface area contributed by atoms with Gasteiger partial charge >= 0.3 is 5.97 Å². The van der Waals surface area contributed by atoms with E-state index in [0.29, 0.717) is 15.6 Å². The number of fused-ring (bicyclic) bond motifs is 1. The van der Waals surface area contributed by atoms with Gasteiger partial charge in [0.2, 0.25) is 0 Å². The first-order valence-corrected chi connectivity index (χ1v) is 8.42. The van der Waals surface area contributed by atoms with Gasteiger partial charge in [-0.25, -0.2) is 4.79 Å². The summed E-state index contributed by atoms with van der Waals surface area (Å²) in [5, 5.41) is 13.6. The molecule has 3 aromatic carbocycles. The lowest BCUT2D eigenvalue weighted by molar-refractivity contribution is -0.150. The molecule has 0 radical (unpaired) electrons. The molecule has 128 valence electrons. The molecule has 25 heavy (non-hydrogen) atoms. The van der Waals surface area contributed by atoms with E-state index in [1.165, 1.54) is 7.11 Å². The van der Waals surface area contributed by atoms with Gasteiger partial charge in [0, 0.05) is 15.6 Å². The Hall–Kier alpha value is -2.07. The van der Waals surface area contributed by atoms with Crippen molar-refractivity contribution in [2.24, 2.45) is 0 Å². The van der Waals surface area contributed by atoms with Crippen LogP contribution in [0, 0.1) is 6.92 Å². The van der Waals surface area contributed by atoms with Crippen molar-refractivity contribution in [2.75, 3.05) is 7.11 Å². The average Bonchev–Trinajstić information content (AvgIpc) is 2.60. The number of aliphatic hydroxyl groups is 1. The third kappa shape index (κ3) is 3.36. The Labute approximate surface area is 155 Å². The van der Waals surface area contributed by atoms with E-state index >= 15 is 0 Å².